The Bertz CT molecular complexity index is 2690. The third-order valence-corrected chi connectivity index (χ3v) is 13.9. The first-order chi connectivity index (χ1) is 22.1. The summed E-state index contributed by atoms with van der Waals surface area (Å²) in [6.45, 7) is 4.97. The van der Waals surface area contributed by atoms with Crippen LogP contribution in [0.3, 0.4) is 0 Å². The van der Waals surface area contributed by atoms with Gasteiger partial charge in [-0.1, -0.05) is 110 Å². The van der Waals surface area contributed by atoms with Crippen LogP contribution in [-0.4, -0.2) is 17.2 Å². The van der Waals surface area contributed by atoms with Crippen LogP contribution in [-0.2, 0) is 0 Å². The normalized spacial score (nSPS) is 13.7. The predicted molar refractivity (Wildman–Crippen MR) is 195 cm³/mol. The van der Waals surface area contributed by atoms with Crippen molar-refractivity contribution in [2.45, 2.75) is 13.1 Å². The third-order valence-electron chi connectivity index (χ3n) is 10.3. The van der Waals surface area contributed by atoms with Crippen molar-refractivity contribution in [2.24, 2.45) is 0 Å². The zero-order valence-electron chi connectivity index (χ0n) is 25.3. The van der Waals surface area contributed by atoms with Crippen LogP contribution in [0.15, 0.2) is 146 Å². The summed E-state index contributed by atoms with van der Waals surface area (Å²) in [6.07, 6.45) is 0. The molecule has 3 heterocycles. The maximum atomic E-state index is 2.49. The van der Waals surface area contributed by atoms with Crippen molar-refractivity contribution >= 4 is 72.8 Å². The Morgan fingerprint density at radius 2 is 0.933 bits per heavy atom. The van der Waals surface area contributed by atoms with Crippen molar-refractivity contribution in [3.63, 3.8) is 0 Å². The molecular formula is C42H30N2Si. The Morgan fingerprint density at radius 3 is 1.64 bits per heavy atom. The van der Waals surface area contributed by atoms with Gasteiger partial charge < -0.3 is 9.13 Å². The lowest BCUT2D eigenvalue weighted by molar-refractivity contribution is 1.18. The van der Waals surface area contributed by atoms with Gasteiger partial charge in [0, 0.05) is 32.9 Å². The Kier molecular flexibility index (Phi) is 4.91. The molecule has 10 rings (SSSR count). The van der Waals surface area contributed by atoms with Crippen LogP contribution in [0.5, 0.6) is 0 Å². The molecule has 0 saturated carbocycles. The van der Waals surface area contributed by atoms with Gasteiger partial charge in [-0.2, -0.15) is 0 Å². The fraction of sp³-hybridized carbons (Fsp3) is 0.0476. The second-order valence-corrected chi connectivity index (χ2v) is 17.3. The smallest absolute Gasteiger partial charge is 0.113 e. The molecule has 0 unspecified atom stereocenters. The van der Waals surface area contributed by atoms with Crippen molar-refractivity contribution in [3.05, 3.63) is 146 Å². The van der Waals surface area contributed by atoms with Gasteiger partial charge in [0.1, 0.15) is 8.07 Å². The van der Waals surface area contributed by atoms with Gasteiger partial charge in [-0.25, -0.2) is 0 Å². The summed E-state index contributed by atoms with van der Waals surface area (Å²) in [5.74, 6) is 0. The van der Waals surface area contributed by atoms with E-state index in [0.717, 1.165) is 0 Å². The van der Waals surface area contributed by atoms with Gasteiger partial charge in [0.25, 0.3) is 0 Å². The summed E-state index contributed by atoms with van der Waals surface area (Å²) in [7, 11) is -1.72. The number of hydrogen-bond donors (Lipinski definition) is 0. The number of hydrogen-bond acceptors (Lipinski definition) is 0. The van der Waals surface area contributed by atoms with Gasteiger partial charge in [0.2, 0.25) is 0 Å². The molecule has 1 aliphatic heterocycles. The summed E-state index contributed by atoms with van der Waals surface area (Å²) >= 11 is 0. The van der Waals surface area contributed by atoms with Gasteiger partial charge in [-0.3, -0.25) is 0 Å². The fourth-order valence-corrected chi connectivity index (χ4v) is 11.3. The molecular weight excluding hydrogens is 561 g/mol. The molecule has 0 spiro atoms. The first kappa shape index (κ1) is 25.0. The molecule has 0 aliphatic carbocycles. The van der Waals surface area contributed by atoms with E-state index in [1.807, 2.05) is 0 Å². The number of para-hydroxylation sites is 2. The lowest BCUT2D eigenvalue weighted by Crippen LogP contribution is -2.49. The third kappa shape index (κ3) is 3.28. The number of rotatable bonds is 2. The molecule has 45 heavy (non-hydrogen) atoms. The summed E-state index contributed by atoms with van der Waals surface area (Å²) in [5, 5.41) is 10.8. The van der Waals surface area contributed by atoms with Crippen LogP contribution >= 0.6 is 0 Å². The highest BCUT2D eigenvalue weighted by molar-refractivity contribution is 7.03. The number of nitrogens with zero attached hydrogens (tertiary/aromatic N) is 2. The standard InChI is InChI=1S/C42H30N2Si/c1-45(2)39-18-10-7-13-31(39)34-26-30(21-24-40(34)45)44-36-17-9-6-15-33(36)42-38(44)23-22-37-41(42)32-14-5-8-16-35(32)43(37)29-20-19-27-11-3-4-12-28(27)25-29/h3-26H,1-2H3. The molecule has 1 aliphatic rings. The van der Waals surface area contributed by atoms with E-state index < -0.39 is 8.07 Å². The SMILES string of the molecule is C[Si]1(C)c2ccccc2-c2cc(-n3c4ccccc4c4c5c6ccccc6n(-c6ccc7ccccc7c6)c5ccc43)ccc21. The van der Waals surface area contributed by atoms with Crippen molar-refractivity contribution in [2.75, 3.05) is 0 Å². The van der Waals surface area contributed by atoms with Crippen LogP contribution in [0.1, 0.15) is 0 Å². The molecule has 0 saturated heterocycles. The van der Waals surface area contributed by atoms with Gasteiger partial charge in [0.05, 0.1) is 22.1 Å². The van der Waals surface area contributed by atoms with E-state index in [1.165, 1.54) is 82.1 Å². The number of benzene rings is 7. The van der Waals surface area contributed by atoms with Crippen molar-refractivity contribution in [3.8, 4) is 22.5 Å². The second kappa shape index (κ2) is 8.84. The lowest BCUT2D eigenvalue weighted by atomic mass is 10.0. The summed E-state index contributed by atoms with van der Waals surface area (Å²) in [5.41, 5.74) is 10.2. The first-order valence-electron chi connectivity index (χ1n) is 15.8. The van der Waals surface area contributed by atoms with Crippen LogP contribution in [0.2, 0.25) is 13.1 Å². The van der Waals surface area contributed by atoms with E-state index in [2.05, 4.69) is 168 Å². The topological polar surface area (TPSA) is 9.86 Å². The first-order valence-corrected chi connectivity index (χ1v) is 18.8. The molecule has 9 aromatic rings. The zero-order chi connectivity index (χ0) is 29.9. The fourth-order valence-electron chi connectivity index (χ4n) is 8.24. The van der Waals surface area contributed by atoms with Crippen LogP contribution in [0, 0.1) is 0 Å². The summed E-state index contributed by atoms with van der Waals surface area (Å²) in [6, 6.07) is 54.2. The van der Waals surface area contributed by atoms with E-state index in [-0.39, 0.29) is 0 Å². The molecule has 3 heteroatoms. The van der Waals surface area contributed by atoms with Crippen LogP contribution in [0.4, 0.5) is 0 Å². The van der Waals surface area contributed by atoms with Crippen molar-refractivity contribution < 1.29 is 0 Å². The minimum Gasteiger partial charge on any atom is -0.309 e. The Hall–Kier alpha value is -5.38. The van der Waals surface area contributed by atoms with Gasteiger partial charge >= 0.3 is 0 Å². The highest BCUT2D eigenvalue weighted by Crippen LogP contribution is 2.43. The van der Waals surface area contributed by atoms with Crippen molar-refractivity contribution in [1.82, 2.24) is 9.13 Å². The number of aromatic nitrogens is 2. The lowest BCUT2D eigenvalue weighted by Gasteiger charge is -2.19. The number of fused-ring (bicyclic) bond motifs is 11. The summed E-state index contributed by atoms with van der Waals surface area (Å²) in [4.78, 5) is 0. The monoisotopic (exact) mass is 590 g/mol. The molecule has 0 radical (unpaired) electrons. The van der Waals surface area contributed by atoms with E-state index in [0.29, 0.717) is 0 Å². The Morgan fingerprint density at radius 1 is 0.400 bits per heavy atom. The molecule has 0 N–H and O–H groups in total. The maximum Gasteiger partial charge on any atom is 0.113 e. The predicted octanol–water partition coefficient (Wildman–Crippen LogP) is 9.84. The van der Waals surface area contributed by atoms with Gasteiger partial charge in [0.15, 0.2) is 0 Å². The molecule has 0 amide bonds. The average Bonchev–Trinajstić information content (AvgIpc) is 3.68. The minimum absolute atomic E-state index is 1.19. The van der Waals surface area contributed by atoms with E-state index in [9.17, 15) is 0 Å². The molecule has 2 aromatic heterocycles. The molecule has 0 fully saturated rings. The molecule has 0 atom stereocenters. The largest absolute Gasteiger partial charge is 0.309 e. The van der Waals surface area contributed by atoms with Crippen molar-refractivity contribution in [1.29, 1.82) is 0 Å². The Labute approximate surface area is 262 Å². The quantitative estimate of drug-likeness (QED) is 0.177. The average molecular weight is 591 g/mol. The zero-order valence-corrected chi connectivity index (χ0v) is 26.3. The van der Waals surface area contributed by atoms with Gasteiger partial charge in [-0.05, 0) is 80.8 Å². The van der Waals surface area contributed by atoms with E-state index in [1.54, 1.807) is 5.19 Å². The molecule has 0 bridgehead atoms. The minimum atomic E-state index is -1.72. The molecule has 7 aromatic carbocycles. The highest BCUT2D eigenvalue weighted by Gasteiger charge is 2.37. The maximum absolute atomic E-state index is 2.49. The van der Waals surface area contributed by atoms with Crippen LogP contribution in [0.25, 0.3) is 76.9 Å². The molecule has 212 valence electrons. The van der Waals surface area contributed by atoms with E-state index >= 15 is 0 Å². The van der Waals surface area contributed by atoms with Gasteiger partial charge in [-0.15, -0.1) is 0 Å². The second-order valence-electron chi connectivity index (χ2n) is 13.0. The Balaban J connectivity index is 1.30. The van der Waals surface area contributed by atoms with E-state index in [4.69, 9.17) is 0 Å². The molecule has 2 nitrogen and oxygen atoms in total. The summed E-state index contributed by atoms with van der Waals surface area (Å²) < 4.78 is 4.93. The highest BCUT2D eigenvalue weighted by atomic mass is 28.3. The van der Waals surface area contributed by atoms with Crippen LogP contribution < -0.4 is 10.4 Å².